The molecule has 0 fully saturated rings. The lowest BCUT2D eigenvalue weighted by molar-refractivity contribution is 0.278. The molecular formula is C26H22FN3O2S. The van der Waals surface area contributed by atoms with E-state index in [0.717, 1.165) is 16.2 Å². The van der Waals surface area contributed by atoms with E-state index < -0.39 is 0 Å². The second-order valence-corrected chi connectivity index (χ2v) is 8.97. The highest BCUT2D eigenvalue weighted by Gasteiger charge is 2.28. The van der Waals surface area contributed by atoms with Crippen LogP contribution in [0, 0.1) is 19.7 Å². The predicted molar refractivity (Wildman–Crippen MR) is 126 cm³/mol. The highest BCUT2D eigenvalue weighted by atomic mass is 32.2. The maximum atomic E-state index is 14.6. The van der Waals surface area contributed by atoms with Gasteiger partial charge in [-0.25, -0.2) is 9.37 Å². The van der Waals surface area contributed by atoms with E-state index in [1.165, 1.54) is 17.2 Å². The number of benzene rings is 2. The first-order chi connectivity index (χ1) is 16.0. The number of rotatable bonds is 5. The number of ether oxygens (including phenoxy) is 1. The van der Waals surface area contributed by atoms with E-state index in [0.29, 0.717) is 40.6 Å². The molecule has 5 rings (SSSR count). The fourth-order valence-electron chi connectivity index (χ4n) is 3.93. The van der Waals surface area contributed by atoms with E-state index in [9.17, 15) is 9.50 Å². The third-order valence-corrected chi connectivity index (χ3v) is 6.72. The quantitative estimate of drug-likeness (QED) is 0.266. The average molecular weight is 460 g/mol. The Morgan fingerprint density at radius 1 is 1.06 bits per heavy atom. The van der Waals surface area contributed by atoms with Crippen molar-refractivity contribution in [2.45, 2.75) is 37.7 Å². The van der Waals surface area contributed by atoms with Crippen molar-refractivity contribution in [3.63, 3.8) is 0 Å². The first kappa shape index (κ1) is 21.6. The van der Waals surface area contributed by atoms with Crippen LogP contribution < -0.4 is 4.74 Å². The highest BCUT2D eigenvalue weighted by molar-refractivity contribution is 7.98. The minimum atomic E-state index is -0.385. The standard InChI is InChI=1S/C26H22FN3O2S/c1-15-6-5-7-17(10-15)14-33-26-21-11-20-18(13-31)12-28-16(2)23(20)32-25(21)29-24(30-26)19-8-3-4-9-22(19)27/h3-10,12,31H,11,13-14H2,1-2H3. The van der Waals surface area contributed by atoms with Gasteiger partial charge in [-0.1, -0.05) is 42.0 Å². The Morgan fingerprint density at radius 3 is 2.70 bits per heavy atom. The molecule has 166 valence electrons. The summed E-state index contributed by atoms with van der Waals surface area (Å²) in [6.45, 7) is 3.79. The summed E-state index contributed by atoms with van der Waals surface area (Å²) >= 11 is 1.57. The monoisotopic (exact) mass is 459 g/mol. The number of aromatic nitrogens is 3. The lowest BCUT2D eigenvalue weighted by atomic mass is 9.99. The summed E-state index contributed by atoms with van der Waals surface area (Å²) in [5.74, 6) is 1.61. The van der Waals surface area contributed by atoms with Crippen molar-refractivity contribution in [1.29, 1.82) is 0 Å². The normalized spacial score (nSPS) is 12.1. The average Bonchev–Trinajstić information content (AvgIpc) is 2.82. The molecule has 0 saturated carbocycles. The van der Waals surface area contributed by atoms with Crippen molar-refractivity contribution in [2.75, 3.05) is 0 Å². The Hall–Kier alpha value is -3.29. The summed E-state index contributed by atoms with van der Waals surface area (Å²) < 4.78 is 20.8. The number of hydrogen-bond donors (Lipinski definition) is 1. The summed E-state index contributed by atoms with van der Waals surface area (Å²) in [4.78, 5) is 13.7. The van der Waals surface area contributed by atoms with Gasteiger partial charge in [0.15, 0.2) is 11.6 Å². The molecule has 0 amide bonds. The van der Waals surface area contributed by atoms with Crippen LogP contribution in [0.5, 0.6) is 11.6 Å². The summed E-state index contributed by atoms with van der Waals surface area (Å²) in [5.41, 5.74) is 5.84. The number of fused-ring (bicyclic) bond motifs is 2. The SMILES string of the molecule is Cc1cccc(CSc2nc(-c3ccccc3F)nc3c2Cc2c(CO)cnc(C)c2O3)c1. The van der Waals surface area contributed by atoms with Gasteiger partial charge in [-0.05, 0) is 31.5 Å². The molecule has 3 heterocycles. The van der Waals surface area contributed by atoms with Crippen molar-refractivity contribution < 1.29 is 14.2 Å². The van der Waals surface area contributed by atoms with E-state index in [1.807, 2.05) is 13.0 Å². The summed E-state index contributed by atoms with van der Waals surface area (Å²) in [6.07, 6.45) is 2.19. The topological polar surface area (TPSA) is 68.1 Å². The van der Waals surface area contributed by atoms with Crippen molar-refractivity contribution in [3.8, 4) is 23.0 Å². The zero-order valence-corrected chi connectivity index (χ0v) is 19.1. The summed E-state index contributed by atoms with van der Waals surface area (Å²) in [5, 5.41) is 10.6. The summed E-state index contributed by atoms with van der Waals surface area (Å²) in [6, 6.07) is 14.8. The van der Waals surface area contributed by atoms with Crippen molar-refractivity contribution in [3.05, 3.63) is 94.1 Å². The second kappa shape index (κ2) is 8.92. The molecule has 5 nitrogen and oxygen atoms in total. The van der Waals surface area contributed by atoms with Gasteiger partial charge in [0.05, 0.1) is 23.4 Å². The number of pyridine rings is 1. The van der Waals surface area contributed by atoms with Gasteiger partial charge in [0.25, 0.3) is 0 Å². The number of aryl methyl sites for hydroxylation is 2. The van der Waals surface area contributed by atoms with E-state index in [1.54, 1.807) is 36.2 Å². The molecule has 7 heteroatoms. The minimum absolute atomic E-state index is 0.131. The van der Waals surface area contributed by atoms with Gasteiger partial charge in [-0.3, -0.25) is 4.98 Å². The van der Waals surface area contributed by atoms with Crippen LogP contribution in [0.15, 0.2) is 59.8 Å². The van der Waals surface area contributed by atoms with Crippen molar-refractivity contribution in [2.24, 2.45) is 0 Å². The Bertz CT molecular complexity index is 1360. The molecule has 0 atom stereocenters. The molecule has 1 aliphatic rings. The predicted octanol–water partition coefficient (Wildman–Crippen LogP) is 5.78. The Labute approximate surface area is 195 Å². The number of thioether (sulfide) groups is 1. The first-order valence-electron chi connectivity index (χ1n) is 10.6. The van der Waals surface area contributed by atoms with Gasteiger partial charge in [0.1, 0.15) is 10.8 Å². The fourth-order valence-corrected chi connectivity index (χ4v) is 4.90. The lowest BCUT2D eigenvalue weighted by Crippen LogP contribution is -2.13. The van der Waals surface area contributed by atoms with Crippen LogP contribution in [0.25, 0.3) is 11.4 Å². The second-order valence-electron chi connectivity index (χ2n) is 8.01. The van der Waals surface area contributed by atoms with Crippen molar-refractivity contribution in [1.82, 2.24) is 15.0 Å². The van der Waals surface area contributed by atoms with E-state index in [2.05, 4.69) is 35.1 Å². The molecule has 2 aromatic heterocycles. The highest BCUT2D eigenvalue weighted by Crippen LogP contribution is 2.43. The molecule has 1 N–H and O–H groups in total. The number of aliphatic hydroxyl groups excluding tert-OH is 1. The first-order valence-corrected chi connectivity index (χ1v) is 11.6. The zero-order valence-electron chi connectivity index (χ0n) is 18.3. The van der Waals surface area contributed by atoms with Crippen LogP contribution >= 0.6 is 11.8 Å². The van der Waals surface area contributed by atoms with E-state index in [-0.39, 0.29) is 18.2 Å². The Kier molecular flexibility index (Phi) is 5.83. The van der Waals surface area contributed by atoms with Crippen LogP contribution in [0.1, 0.15) is 33.5 Å². The fraction of sp³-hybridized carbons (Fsp3) is 0.192. The van der Waals surface area contributed by atoms with Crippen LogP contribution in [0.2, 0.25) is 0 Å². The van der Waals surface area contributed by atoms with Gasteiger partial charge >= 0.3 is 0 Å². The molecule has 0 aliphatic carbocycles. The van der Waals surface area contributed by atoms with Crippen LogP contribution in [0.3, 0.4) is 0 Å². The third kappa shape index (κ3) is 4.21. The minimum Gasteiger partial charge on any atom is -0.436 e. The van der Waals surface area contributed by atoms with Gasteiger partial charge in [0.2, 0.25) is 5.88 Å². The maximum absolute atomic E-state index is 14.6. The molecular weight excluding hydrogens is 437 g/mol. The Balaban J connectivity index is 1.61. The maximum Gasteiger partial charge on any atom is 0.227 e. The molecule has 0 unspecified atom stereocenters. The molecule has 1 aliphatic heterocycles. The van der Waals surface area contributed by atoms with Gasteiger partial charge in [-0.15, -0.1) is 11.8 Å². The van der Waals surface area contributed by atoms with Crippen LogP contribution in [-0.2, 0) is 18.8 Å². The summed E-state index contributed by atoms with van der Waals surface area (Å²) in [7, 11) is 0. The molecule has 0 saturated heterocycles. The van der Waals surface area contributed by atoms with Gasteiger partial charge in [0, 0.05) is 29.5 Å². The number of halogens is 1. The molecule has 4 aromatic rings. The van der Waals surface area contributed by atoms with Gasteiger partial charge in [-0.2, -0.15) is 4.98 Å². The van der Waals surface area contributed by atoms with E-state index in [4.69, 9.17) is 9.72 Å². The lowest BCUT2D eigenvalue weighted by Gasteiger charge is -2.24. The third-order valence-electron chi connectivity index (χ3n) is 5.63. The smallest absolute Gasteiger partial charge is 0.227 e. The van der Waals surface area contributed by atoms with E-state index >= 15 is 0 Å². The molecule has 0 bridgehead atoms. The van der Waals surface area contributed by atoms with Crippen LogP contribution in [0.4, 0.5) is 4.39 Å². The molecule has 33 heavy (non-hydrogen) atoms. The number of hydrogen-bond acceptors (Lipinski definition) is 6. The molecule has 0 spiro atoms. The van der Waals surface area contributed by atoms with Crippen molar-refractivity contribution >= 4 is 11.8 Å². The Morgan fingerprint density at radius 2 is 1.91 bits per heavy atom. The number of aliphatic hydroxyl groups is 1. The van der Waals surface area contributed by atoms with Gasteiger partial charge < -0.3 is 9.84 Å². The molecule has 0 radical (unpaired) electrons. The number of nitrogens with zero attached hydrogens (tertiary/aromatic N) is 3. The zero-order chi connectivity index (χ0) is 22.9. The largest absolute Gasteiger partial charge is 0.436 e. The van der Waals surface area contributed by atoms with Crippen LogP contribution in [-0.4, -0.2) is 20.1 Å². The molecule has 2 aromatic carbocycles.